The molecule has 0 spiro atoms. The Morgan fingerprint density at radius 1 is 1.17 bits per heavy atom. The lowest BCUT2D eigenvalue weighted by molar-refractivity contribution is -0.117. The van der Waals surface area contributed by atoms with Crippen LogP contribution in [0.4, 0.5) is 5.69 Å². The van der Waals surface area contributed by atoms with E-state index in [9.17, 15) is 9.59 Å². The average Bonchev–Trinajstić information content (AvgIpc) is 3.00. The molecule has 1 unspecified atom stereocenters. The molecule has 1 atom stereocenters. The third kappa shape index (κ3) is 3.85. The van der Waals surface area contributed by atoms with Crippen LogP contribution in [0.5, 0.6) is 0 Å². The van der Waals surface area contributed by atoms with Crippen molar-refractivity contribution in [3.63, 3.8) is 0 Å². The van der Waals surface area contributed by atoms with Crippen LogP contribution in [0, 0.1) is 0 Å². The van der Waals surface area contributed by atoms with Crippen LogP contribution in [-0.4, -0.2) is 49.4 Å². The fourth-order valence-corrected chi connectivity index (χ4v) is 3.28. The van der Waals surface area contributed by atoms with Crippen molar-refractivity contribution < 1.29 is 9.59 Å². The highest BCUT2D eigenvalue weighted by molar-refractivity contribution is 5.97. The third-order valence-corrected chi connectivity index (χ3v) is 4.62. The third-order valence-electron chi connectivity index (χ3n) is 4.62. The number of amides is 2. The maximum absolute atomic E-state index is 12.6. The number of anilines is 1. The van der Waals surface area contributed by atoms with Crippen molar-refractivity contribution in [1.82, 2.24) is 10.2 Å². The van der Waals surface area contributed by atoms with Crippen molar-refractivity contribution in [1.29, 1.82) is 0 Å². The molecule has 0 aliphatic carbocycles. The number of rotatable bonds is 3. The van der Waals surface area contributed by atoms with E-state index >= 15 is 0 Å². The van der Waals surface area contributed by atoms with E-state index in [0.29, 0.717) is 18.0 Å². The van der Waals surface area contributed by atoms with Crippen molar-refractivity contribution in [3.8, 4) is 0 Å². The molecule has 2 heterocycles. The van der Waals surface area contributed by atoms with Crippen LogP contribution < -0.4 is 10.2 Å². The minimum absolute atomic E-state index is 0. The molecule has 0 saturated carbocycles. The minimum Gasteiger partial charge on any atom is -0.337 e. The summed E-state index contributed by atoms with van der Waals surface area (Å²) in [5.41, 5.74) is 1.60. The first kappa shape index (κ1) is 17.8. The minimum atomic E-state index is 0. The van der Waals surface area contributed by atoms with Gasteiger partial charge >= 0.3 is 0 Å². The molecule has 1 aromatic rings. The summed E-state index contributed by atoms with van der Waals surface area (Å²) >= 11 is 0. The summed E-state index contributed by atoms with van der Waals surface area (Å²) < 4.78 is 0. The molecule has 126 valence electrons. The zero-order chi connectivity index (χ0) is 15.5. The van der Waals surface area contributed by atoms with Gasteiger partial charge in [-0.25, -0.2) is 0 Å². The number of piperidine rings is 1. The van der Waals surface area contributed by atoms with Gasteiger partial charge in [0.1, 0.15) is 0 Å². The van der Waals surface area contributed by atoms with E-state index in [4.69, 9.17) is 0 Å². The lowest BCUT2D eigenvalue weighted by Gasteiger charge is -2.32. The molecule has 6 heteroatoms. The zero-order valence-electron chi connectivity index (χ0n) is 13.5. The summed E-state index contributed by atoms with van der Waals surface area (Å²) in [6.45, 7) is 2.37. The molecule has 1 aromatic carbocycles. The van der Waals surface area contributed by atoms with Gasteiger partial charge in [-0.1, -0.05) is 0 Å². The summed E-state index contributed by atoms with van der Waals surface area (Å²) in [5.74, 6) is 0.256. The van der Waals surface area contributed by atoms with Gasteiger partial charge in [-0.2, -0.15) is 0 Å². The van der Waals surface area contributed by atoms with Crippen LogP contribution in [0.3, 0.4) is 0 Å². The Morgan fingerprint density at radius 2 is 1.91 bits per heavy atom. The highest BCUT2D eigenvalue weighted by Gasteiger charge is 2.25. The van der Waals surface area contributed by atoms with Gasteiger partial charge in [-0.3, -0.25) is 9.59 Å². The Labute approximate surface area is 143 Å². The largest absolute Gasteiger partial charge is 0.337 e. The molecule has 2 amide bonds. The molecular weight excluding hydrogens is 314 g/mol. The van der Waals surface area contributed by atoms with E-state index in [2.05, 4.69) is 5.32 Å². The number of likely N-dealkylation sites (tertiary alicyclic amines) is 1. The molecule has 5 nitrogen and oxygen atoms in total. The van der Waals surface area contributed by atoms with E-state index in [1.807, 2.05) is 36.2 Å². The fourth-order valence-electron chi connectivity index (χ4n) is 3.28. The van der Waals surface area contributed by atoms with Crippen LogP contribution >= 0.6 is 12.4 Å². The number of benzene rings is 1. The van der Waals surface area contributed by atoms with Gasteiger partial charge in [0.15, 0.2) is 0 Å². The molecule has 0 radical (unpaired) electrons. The highest BCUT2D eigenvalue weighted by Crippen LogP contribution is 2.22. The number of likely N-dealkylation sites (N-methyl/N-ethyl adjacent to an activating group) is 1. The summed E-state index contributed by atoms with van der Waals surface area (Å²) in [7, 11) is 1.94. The normalized spacial score (nSPS) is 21.3. The maximum Gasteiger partial charge on any atom is 0.253 e. The van der Waals surface area contributed by atoms with Crippen LogP contribution in [-0.2, 0) is 4.79 Å². The SMILES string of the molecule is CNC1CCCN(C(=O)c2ccc(N3CCCC3=O)cc2)C1.Cl. The number of carbonyl (C=O) groups is 2. The molecule has 1 N–H and O–H groups in total. The van der Waals surface area contributed by atoms with Crippen molar-refractivity contribution >= 4 is 29.9 Å². The van der Waals surface area contributed by atoms with Gasteiger partial charge < -0.3 is 15.1 Å². The molecule has 2 saturated heterocycles. The highest BCUT2D eigenvalue weighted by atomic mass is 35.5. The van der Waals surface area contributed by atoms with E-state index in [0.717, 1.165) is 44.6 Å². The Kier molecular flexibility index (Phi) is 6.02. The standard InChI is InChI=1S/C17H23N3O2.ClH/c1-18-14-4-2-10-19(12-14)17(22)13-6-8-15(9-7-13)20-11-3-5-16(20)21;/h6-9,14,18H,2-5,10-12H2,1H3;1H. The van der Waals surface area contributed by atoms with Crippen molar-refractivity contribution in [2.24, 2.45) is 0 Å². The molecule has 23 heavy (non-hydrogen) atoms. The topological polar surface area (TPSA) is 52.7 Å². The average molecular weight is 338 g/mol. The maximum atomic E-state index is 12.6. The fraction of sp³-hybridized carbons (Fsp3) is 0.529. The van der Waals surface area contributed by atoms with Crippen LogP contribution in [0.25, 0.3) is 0 Å². The van der Waals surface area contributed by atoms with Gasteiger partial charge in [0.05, 0.1) is 0 Å². The number of hydrogen-bond acceptors (Lipinski definition) is 3. The van der Waals surface area contributed by atoms with Gasteiger partial charge in [0.2, 0.25) is 5.91 Å². The van der Waals surface area contributed by atoms with Gasteiger partial charge in [0, 0.05) is 43.3 Å². The predicted molar refractivity (Wildman–Crippen MR) is 93.3 cm³/mol. The Hall–Kier alpha value is -1.59. The lowest BCUT2D eigenvalue weighted by Crippen LogP contribution is -2.46. The Morgan fingerprint density at radius 3 is 2.52 bits per heavy atom. The van der Waals surface area contributed by atoms with Crippen LogP contribution in [0.2, 0.25) is 0 Å². The first-order valence-electron chi connectivity index (χ1n) is 8.06. The second kappa shape index (κ2) is 7.79. The van der Waals surface area contributed by atoms with E-state index < -0.39 is 0 Å². The number of nitrogens with zero attached hydrogens (tertiary/aromatic N) is 2. The number of nitrogens with one attached hydrogen (secondary N) is 1. The van der Waals surface area contributed by atoms with E-state index in [-0.39, 0.29) is 24.2 Å². The van der Waals surface area contributed by atoms with E-state index in [1.165, 1.54) is 0 Å². The van der Waals surface area contributed by atoms with Crippen LogP contribution in [0.1, 0.15) is 36.0 Å². The Balaban J connectivity index is 0.00000192. The summed E-state index contributed by atoms with van der Waals surface area (Å²) in [6, 6.07) is 7.84. The van der Waals surface area contributed by atoms with Crippen molar-refractivity contribution in [2.45, 2.75) is 31.7 Å². The monoisotopic (exact) mass is 337 g/mol. The second-order valence-electron chi connectivity index (χ2n) is 6.07. The summed E-state index contributed by atoms with van der Waals surface area (Å²) in [5, 5.41) is 3.25. The predicted octanol–water partition coefficient (Wildman–Crippen LogP) is 2.06. The molecule has 0 aromatic heterocycles. The van der Waals surface area contributed by atoms with Crippen LogP contribution in [0.15, 0.2) is 24.3 Å². The van der Waals surface area contributed by atoms with E-state index in [1.54, 1.807) is 4.90 Å². The van der Waals surface area contributed by atoms with Gasteiger partial charge in [0.25, 0.3) is 5.91 Å². The molecular formula is C17H24ClN3O2. The molecule has 2 aliphatic rings. The second-order valence-corrected chi connectivity index (χ2v) is 6.07. The molecule has 2 aliphatic heterocycles. The zero-order valence-corrected chi connectivity index (χ0v) is 14.3. The summed E-state index contributed by atoms with van der Waals surface area (Å²) in [6.07, 6.45) is 3.70. The number of hydrogen-bond donors (Lipinski definition) is 1. The van der Waals surface area contributed by atoms with Crippen molar-refractivity contribution in [3.05, 3.63) is 29.8 Å². The first-order chi connectivity index (χ1) is 10.7. The Bertz CT molecular complexity index is 561. The van der Waals surface area contributed by atoms with Gasteiger partial charge in [-0.05, 0) is 50.6 Å². The molecule has 0 bridgehead atoms. The number of halogens is 1. The summed E-state index contributed by atoms with van der Waals surface area (Å²) in [4.78, 5) is 28.0. The smallest absolute Gasteiger partial charge is 0.253 e. The number of carbonyl (C=O) groups excluding carboxylic acids is 2. The molecule has 3 rings (SSSR count). The quantitative estimate of drug-likeness (QED) is 0.918. The molecule has 2 fully saturated rings. The lowest BCUT2D eigenvalue weighted by atomic mass is 10.0. The van der Waals surface area contributed by atoms with Crippen molar-refractivity contribution in [2.75, 3.05) is 31.6 Å². The van der Waals surface area contributed by atoms with Gasteiger partial charge in [-0.15, -0.1) is 12.4 Å². The first-order valence-corrected chi connectivity index (χ1v) is 8.06.